The van der Waals surface area contributed by atoms with Crippen LogP contribution in [0, 0.1) is 6.92 Å². The molecule has 3 N–H and O–H groups in total. The van der Waals surface area contributed by atoms with Gasteiger partial charge in [0.25, 0.3) is 5.91 Å². The molecule has 6 nitrogen and oxygen atoms in total. The van der Waals surface area contributed by atoms with E-state index in [1.165, 1.54) is 11.3 Å². The Morgan fingerprint density at radius 1 is 1.55 bits per heavy atom. The Morgan fingerprint density at radius 3 is 2.80 bits per heavy atom. The summed E-state index contributed by atoms with van der Waals surface area (Å²) < 4.78 is 1.75. The van der Waals surface area contributed by atoms with Crippen LogP contribution in [0.4, 0.5) is 5.69 Å². The van der Waals surface area contributed by atoms with Gasteiger partial charge >= 0.3 is 0 Å². The van der Waals surface area contributed by atoms with Crippen molar-refractivity contribution in [3.05, 3.63) is 10.6 Å². The number of rotatable bonds is 1. The van der Waals surface area contributed by atoms with Crippen molar-refractivity contribution in [2.24, 2.45) is 7.05 Å². The summed E-state index contributed by atoms with van der Waals surface area (Å²) in [5.41, 5.74) is 6.69. The summed E-state index contributed by atoms with van der Waals surface area (Å²) in [6, 6.07) is 0. The van der Waals surface area contributed by atoms with E-state index in [1.54, 1.807) is 16.5 Å². The molecule has 0 aromatic carbocycles. The molecule has 2 aromatic heterocycles. The second-order valence-corrected chi connectivity index (χ2v) is 6.71. The number of hydrogen-bond acceptors (Lipinski definition) is 5. The molecule has 1 atom stereocenters. The van der Waals surface area contributed by atoms with Crippen molar-refractivity contribution in [1.29, 1.82) is 0 Å². The molecule has 20 heavy (non-hydrogen) atoms. The number of nitrogens with zero attached hydrogens (tertiary/aromatic N) is 3. The van der Waals surface area contributed by atoms with Crippen LogP contribution in [0.3, 0.4) is 0 Å². The minimum Gasteiger partial charge on any atom is -0.397 e. The quantitative estimate of drug-likeness (QED) is 0.825. The highest BCUT2D eigenvalue weighted by Crippen LogP contribution is 2.37. The lowest BCUT2D eigenvalue weighted by molar-refractivity contribution is 0.0575. The highest BCUT2D eigenvalue weighted by atomic mass is 32.1. The number of nitrogen functional groups attached to an aromatic ring is 1. The van der Waals surface area contributed by atoms with Crippen LogP contribution in [0.1, 0.15) is 28.7 Å². The molecule has 0 radical (unpaired) electrons. The van der Waals surface area contributed by atoms with Crippen LogP contribution in [-0.2, 0) is 7.05 Å². The lowest BCUT2D eigenvalue weighted by atomic mass is 10.1. The number of thiophene rings is 1. The zero-order valence-corrected chi connectivity index (χ0v) is 12.6. The fourth-order valence-electron chi connectivity index (χ4n) is 2.75. The fraction of sp³-hybridized carbons (Fsp3) is 0.538. The summed E-state index contributed by atoms with van der Waals surface area (Å²) in [5, 5.41) is 15.2. The third-order valence-electron chi connectivity index (χ3n) is 3.82. The van der Waals surface area contributed by atoms with Crippen LogP contribution in [0.15, 0.2) is 0 Å². The van der Waals surface area contributed by atoms with Gasteiger partial charge in [-0.05, 0) is 20.3 Å². The Bertz CT molecular complexity index is 701. The fourth-order valence-corrected chi connectivity index (χ4v) is 3.90. The van der Waals surface area contributed by atoms with Crippen LogP contribution in [0.5, 0.6) is 0 Å². The molecule has 0 spiro atoms. The van der Waals surface area contributed by atoms with Crippen molar-refractivity contribution in [2.75, 3.05) is 18.8 Å². The smallest absolute Gasteiger partial charge is 0.266 e. The largest absolute Gasteiger partial charge is 0.397 e. The molecule has 1 unspecified atom stereocenters. The number of β-amino-alcohol motifs (C(OH)–C–C–N with tert-alkyl or cyclic N) is 1. The van der Waals surface area contributed by atoms with E-state index < -0.39 is 5.60 Å². The molecular formula is C13H18N4O2S. The van der Waals surface area contributed by atoms with Gasteiger partial charge in [0, 0.05) is 20.1 Å². The molecule has 0 bridgehead atoms. The molecule has 1 fully saturated rings. The standard InChI is InChI=1S/C13H18N4O2S/c1-7-8-9(14)10(20-12(8)16(3)15-7)11(18)17-5-4-13(2,19)6-17/h19H,4-6,14H2,1-3H3. The predicted molar refractivity (Wildman–Crippen MR) is 78.9 cm³/mol. The van der Waals surface area contributed by atoms with Crippen molar-refractivity contribution in [1.82, 2.24) is 14.7 Å². The highest BCUT2D eigenvalue weighted by Gasteiger charge is 2.36. The maximum atomic E-state index is 12.6. The molecule has 3 rings (SSSR count). The van der Waals surface area contributed by atoms with Gasteiger partial charge in [-0.15, -0.1) is 11.3 Å². The number of carbonyl (C=O) groups is 1. The van der Waals surface area contributed by atoms with Gasteiger partial charge in [0.05, 0.1) is 22.4 Å². The number of nitrogens with two attached hydrogens (primary N) is 1. The minimum atomic E-state index is -0.793. The molecule has 7 heteroatoms. The normalized spacial score (nSPS) is 22.9. The molecular weight excluding hydrogens is 276 g/mol. The Kier molecular flexibility index (Phi) is 2.81. The van der Waals surface area contributed by atoms with Crippen molar-refractivity contribution in [3.8, 4) is 0 Å². The number of aryl methyl sites for hydroxylation is 2. The van der Waals surface area contributed by atoms with Gasteiger partial charge in [0.2, 0.25) is 0 Å². The average molecular weight is 294 g/mol. The topological polar surface area (TPSA) is 84.4 Å². The van der Waals surface area contributed by atoms with Gasteiger partial charge in [0.1, 0.15) is 9.71 Å². The summed E-state index contributed by atoms with van der Waals surface area (Å²) in [6.07, 6.45) is 0.601. The van der Waals surface area contributed by atoms with Crippen molar-refractivity contribution >= 4 is 33.1 Å². The maximum absolute atomic E-state index is 12.6. The first-order chi connectivity index (χ1) is 9.30. The monoisotopic (exact) mass is 294 g/mol. The highest BCUT2D eigenvalue weighted by molar-refractivity contribution is 7.21. The Morgan fingerprint density at radius 2 is 2.25 bits per heavy atom. The van der Waals surface area contributed by atoms with E-state index in [9.17, 15) is 9.90 Å². The van der Waals surface area contributed by atoms with Crippen LogP contribution in [0.2, 0.25) is 0 Å². The zero-order valence-electron chi connectivity index (χ0n) is 11.8. The Balaban J connectivity index is 2.01. The summed E-state index contributed by atoms with van der Waals surface area (Å²) in [4.78, 5) is 15.7. The number of likely N-dealkylation sites (tertiary alicyclic amines) is 1. The molecule has 3 heterocycles. The number of amides is 1. The Hall–Kier alpha value is -1.60. The van der Waals surface area contributed by atoms with E-state index in [4.69, 9.17) is 5.73 Å². The number of hydrogen-bond donors (Lipinski definition) is 2. The lowest BCUT2D eigenvalue weighted by Crippen LogP contribution is -2.33. The molecule has 0 aliphatic carbocycles. The summed E-state index contributed by atoms with van der Waals surface area (Å²) in [7, 11) is 1.85. The molecule has 1 aliphatic rings. The third-order valence-corrected chi connectivity index (χ3v) is 5.08. The van der Waals surface area contributed by atoms with E-state index in [0.29, 0.717) is 30.1 Å². The van der Waals surface area contributed by atoms with Gasteiger partial charge in [-0.25, -0.2) is 0 Å². The van der Waals surface area contributed by atoms with Crippen LogP contribution in [0.25, 0.3) is 10.2 Å². The van der Waals surface area contributed by atoms with Crippen LogP contribution >= 0.6 is 11.3 Å². The number of fused-ring (bicyclic) bond motifs is 1. The SMILES string of the molecule is Cc1nn(C)c2sc(C(=O)N3CCC(C)(O)C3)c(N)c12. The van der Waals surface area contributed by atoms with E-state index in [2.05, 4.69) is 5.10 Å². The lowest BCUT2D eigenvalue weighted by Gasteiger charge is -2.18. The number of aromatic nitrogens is 2. The predicted octanol–water partition coefficient (Wildman–Crippen LogP) is 1.12. The third kappa shape index (κ3) is 1.89. The minimum absolute atomic E-state index is 0.0964. The van der Waals surface area contributed by atoms with Crippen LogP contribution in [-0.4, -0.2) is 44.4 Å². The second-order valence-electron chi connectivity index (χ2n) is 5.71. The number of aliphatic hydroxyl groups is 1. The summed E-state index contributed by atoms with van der Waals surface area (Å²) in [6.45, 7) is 4.57. The second kappa shape index (κ2) is 4.20. The molecule has 1 amide bonds. The first-order valence-corrected chi connectivity index (χ1v) is 7.35. The van der Waals surface area contributed by atoms with Gasteiger partial charge in [0.15, 0.2) is 0 Å². The first kappa shape index (κ1) is 13.4. The first-order valence-electron chi connectivity index (χ1n) is 6.53. The van der Waals surface area contributed by atoms with Gasteiger partial charge in [-0.1, -0.05) is 0 Å². The zero-order chi connectivity index (χ0) is 14.7. The molecule has 0 saturated carbocycles. The molecule has 1 aliphatic heterocycles. The Labute approximate surface area is 120 Å². The summed E-state index contributed by atoms with van der Waals surface area (Å²) >= 11 is 1.37. The van der Waals surface area contributed by atoms with E-state index in [0.717, 1.165) is 15.9 Å². The molecule has 1 saturated heterocycles. The van der Waals surface area contributed by atoms with Crippen molar-refractivity contribution < 1.29 is 9.90 Å². The van der Waals surface area contributed by atoms with Gasteiger partial charge in [-0.2, -0.15) is 5.10 Å². The molecule has 108 valence electrons. The van der Waals surface area contributed by atoms with Crippen molar-refractivity contribution in [2.45, 2.75) is 25.9 Å². The van der Waals surface area contributed by atoms with Crippen molar-refractivity contribution in [3.63, 3.8) is 0 Å². The number of carbonyl (C=O) groups excluding carboxylic acids is 1. The van der Waals surface area contributed by atoms with E-state index >= 15 is 0 Å². The van der Waals surface area contributed by atoms with Gasteiger partial charge in [-0.3, -0.25) is 9.48 Å². The maximum Gasteiger partial charge on any atom is 0.266 e. The van der Waals surface area contributed by atoms with E-state index in [-0.39, 0.29) is 5.91 Å². The average Bonchev–Trinajstić information content (AvgIpc) is 2.96. The number of anilines is 1. The van der Waals surface area contributed by atoms with Gasteiger partial charge < -0.3 is 15.7 Å². The van der Waals surface area contributed by atoms with E-state index in [1.807, 2.05) is 14.0 Å². The molecule has 2 aromatic rings. The van der Waals surface area contributed by atoms with Crippen LogP contribution < -0.4 is 5.73 Å². The summed E-state index contributed by atoms with van der Waals surface area (Å²) in [5.74, 6) is -0.0964.